The minimum atomic E-state index is -0.895. The van der Waals surface area contributed by atoms with Gasteiger partial charge in [-0.15, -0.1) is 0 Å². The molecule has 0 aromatic heterocycles. The van der Waals surface area contributed by atoms with Gasteiger partial charge in [0.05, 0.1) is 3.57 Å². The average molecular weight is 270 g/mol. The molecule has 1 aromatic carbocycles. The van der Waals surface area contributed by atoms with Crippen molar-refractivity contribution in [1.29, 1.82) is 0 Å². The van der Waals surface area contributed by atoms with Crippen LogP contribution in [-0.4, -0.2) is 5.11 Å². The third kappa shape index (κ3) is 1.45. The standard InChI is InChI=1S/C7H5F2IO/c1-3-2-4(10)6(9)7(11)5(3)8/h2,11H,1H3. The molecule has 0 unspecified atom stereocenters. The Hall–Kier alpha value is -0.390. The fraction of sp³-hybridized carbons (Fsp3) is 0.143. The van der Waals surface area contributed by atoms with Crippen molar-refractivity contribution in [1.82, 2.24) is 0 Å². The van der Waals surface area contributed by atoms with Crippen molar-refractivity contribution in [2.75, 3.05) is 0 Å². The van der Waals surface area contributed by atoms with Gasteiger partial charge in [-0.3, -0.25) is 0 Å². The van der Waals surface area contributed by atoms with Crippen molar-refractivity contribution in [2.45, 2.75) is 6.92 Å². The Kier molecular flexibility index (Phi) is 2.31. The number of aryl methyl sites for hydroxylation is 1. The van der Waals surface area contributed by atoms with Crippen LogP contribution in [0.25, 0.3) is 0 Å². The molecule has 4 heteroatoms. The van der Waals surface area contributed by atoms with Gasteiger partial charge in [0.2, 0.25) is 0 Å². The van der Waals surface area contributed by atoms with Crippen LogP contribution in [0, 0.1) is 22.1 Å². The Morgan fingerprint density at radius 3 is 2.45 bits per heavy atom. The lowest BCUT2D eigenvalue weighted by atomic mass is 10.2. The Bertz CT molecular complexity index is 273. The predicted octanol–water partition coefficient (Wildman–Crippen LogP) is 2.58. The highest BCUT2D eigenvalue weighted by atomic mass is 127. The van der Waals surface area contributed by atoms with Gasteiger partial charge in [0.15, 0.2) is 17.4 Å². The molecular formula is C7H5F2IO. The van der Waals surface area contributed by atoms with E-state index in [1.54, 1.807) is 22.6 Å². The summed E-state index contributed by atoms with van der Waals surface area (Å²) in [5.41, 5.74) is 0.244. The normalized spacial score (nSPS) is 10.2. The second kappa shape index (κ2) is 2.92. The van der Waals surface area contributed by atoms with Crippen molar-refractivity contribution in [3.63, 3.8) is 0 Å². The molecule has 11 heavy (non-hydrogen) atoms. The first-order chi connectivity index (χ1) is 5.04. The van der Waals surface area contributed by atoms with Crippen LogP contribution in [-0.2, 0) is 0 Å². The van der Waals surface area contributed by atoms with Crippen LogP contribution in [0.15, 0.2) is 6.07 Å². The summed E-state index contributed by atoms with van der Waals surface area (Å²) in [4.78, 5) is 0. The summed E-state index contributed by atoms with van der Waals surface area (Å²) in [7, 11) is 0. The maximum absolute atomic E-state index is 12.7. The van der Waals surface area contributed by atoms with Crippen molar-refractivity contribution in [3.8, 4) is 5.75 Å². The van der Waals surface area contributed by atoms with E-state index in [-0.39, 0.29) is 9.13 Å². The summed E-state index contributed by atoms with van der Waals surface area (Å²) >= 11 is 1.69. The second-order valence-electron chi connectivity index (χ2n) is 2.15. The number of phenols is 1. The van der Waals surface area contributed by atoms with Gasteiger partial charge in [0.25, 0.3) is 0 Å². The zero-order chi connectivity index (χ0) is 8.59. The molecule has 0 spiro atoms. The average Bonchev–Trinajstić information content (AvgIpc) is 1.97. The number of hydrogen-bond acceptors (Lipinski definition) is 1. The Morgan fingerprint density at radius 2 is 1.91 bits per heavy atom. The fourth-order valence-electron chi connectivity index (χ4n) is 0.713. The van der Waals surface area contributed by atoms with Gasteiger partial charge in [-0.2, -0.15) is 0 Å². The van der Waals surface area contributed by atoms with Crippen molar-refractivity contribution >= 4 is 22.6 Å². The summed E-state index contributed by atoms with van der Waals surface area (Å²) < 4.78 is 25.6. The minimum Gasteiger partial charge on any atom is -0.503 e. The molecule has 0 amide bonds. The van der Waals surface area contributed by atoms with Gasteiger partial charge in [0.1, 0.15) is 0 Å². The Morgan fingerprint density at radius 1 is 1.36 bits per heavy atom. The smallest absolute Gasteiger partial charge is 0.189 e. The van der Waals surface area contributed by atoms with E-state index in [2.05, 4.69) is 0 Å². The molecule has 0 saturated carbocycles. The monoisotopic (exact) mass is 270 g/mol. The molecule has 0 atom stereocenters. The van der Waals surface area contributed by atoms with Crippen molar-refractivity contribution in [2.24, 2.45) is 0 Å². The van der Waals surface area contributed by atoms with Crippen LogP contribution in [0.5, 0.6) is 5.75 Å². The number of benzene rings is 1. The predicted molar refractivity (Wildman–Crippen MR) is 45.5 cm³/mol. The van der Waals surface area contributed by atoms with Gasteiger partial charge < -0.3 is 5.11 Å². The van der Waals surface area contributed by atoms with Gasteiger partial charge in [-0.25, -0.2) is 8.78 Å². The van der Waals surface area contributed by atoms with Crippen molar-refractivity contribution in [3.05, 3.63) is 26.8 Å². The lowest BCUT2D eigenvalue weighted by Gasteiger charge is -2.02. The van der Waals surface area contributed by atoms with E-state index in [1.165, 1.54) is 13.0 Å². The molecular weight excluding hydrogens is 265 g/mol. The van der Waals surface area contributed by atoms with Crippen LogP contribution in [0.2, 0.25) is 0 Å². The SMILES string of the molecule is Cc1cc(I)c(F)c(O)c1F. The lowest BCUT2D eigenvalue weighted by molar-refractivity contribution is 0.392. The van der Waals surface area contributed by atoms with E-state index < -0.39 is 17.4 Å². The highest BCUT2D eigenvalue weighted by molar-refractivity contribution is 14.1. The van der Waals surface area contributed by atoms with Crippen LogP contribution < -0.4 is 0 Å². The highest BCUT2D eigenvalue weighted by Gasteiger charge is 2.13. The number of halogens is 3. The molecule has 0 aliphatic carbocycles. The van der Waals surface area contributed by atoms with E-state index >= 15 is 0 Å². The molecule has 0 saturated heterocycles. The maximum Gasteiger partial charge on any atom is 0.189 e. The zero-order valence-electron chi connectivity index (χ0n) is 5.66. The number of rotatable bonds is 0. The van der Waals surface area contributed by atoms with Gasteiger partial charge in [0, 0.05) is 0 Å². The van der Waals surface area contributed by atoms with Crippen molar-refractivity contribution < 1.29 is 13.9 Å². The Labute approximate surface area is 76.2 Å². The molecule has 0 bridgehead atoms. The van der Waals surface area contributed by atoms with Crippen LogP contribution >= 0.6 is 22.6 Å². The molecule has 1 nitrogen and oxygen atoms in total. The third-order valence-corrected chi connectivity index (χ3v) is 2.10. The van der Waals surface area contributed by atoms with Gasteiger partial charge in [-0.1, -0.05) is 0 Å². The first-order valence-electron chi connectivity index (χ1n) is 2.87. The molecule has 0 fully saturated rings. The number of phenolic OH excluding ortho intramolecular Hbond substituents is 1. The van der Waals surface area contributed by atoms with Gasteiger partial charge >= 0.3 is 0 Å². The molecule has 0 aliphatic heterocycles. The molecule has 0 radical (unpaired) electrons. The molecule has 0 heterocycles. The summed E-state index contributed by atoms with van der Waals surface area (Å²) in [5, 5.41) is 8.81. The van der Waals surface area contributed by atoms with E-state index in [0.717, 1.165) is 0 Å². The fourth-order valence-corrected chi connectivity index (χ4v) is 1.44. The zero-order valence-corrected chi connectivity index (χ0v) is 7.82. The third-order valence-electron chi connectivity index (χ3n) is 1.31. The van der Waals surface area contributed by atoms with Gasteiger partial charge in [-0.05, 0) is 41.1 Å². The molecule has 0 aliphatic rings. The minimum absolute atomic E-state index is 0.221. The Balaban J connectivity index is 3.46. The van der Waals surface area contributed by atoms with E-state index in [4.69, 9.17) is 5.11 Å². The summed E-state index contributed by atoms with van der Waals surface area (Å²) in [6.07, 6.45) is 0. The first-order valence-corrected chi connectivity index (χ1v) is 3.95. The van der Waals surface area contributed by atoms with E-state index in [9.17, 15) is 8.78 Å². The van der Waals surface area contributed by atoms with E-state index in [1.807, 2.05) is 0 Å². The van der Waals surface area contributed by atoms with Crippen LogP contribution in [0.1, 0.15) is 5.56 Å². The van der Waals surface area contributed by atoms with E-state index in [0.29, 0.717) is 0 Å². The number of hydrogen-bond donors (Lipinski definition) is 1. The maximum atomic E-state index is 12.7. The number of aromatic hydroxyl groups is 1. The molecule has 1 N–H and O–H groups in total. The molecule has 1 aromatic rings. The second-order valence-corrected chi connectivity index (χ2v) is 3.31. The topological polar surface area (TPSA) is 20.2 Å². The molecule has 1 rings (SSSR count). The molecule has 60 valence electrons. The largest absolute Gasteiger partial charge is 0.503 e. The lowest BCUT2D eigenvalue weighted by Crippen LogP contribution is -1.90. The first kappa shape index (κ1) is 8.70. The van der Waals surface area contributed by atoms with Crippen LogP contribution in [0.3, 0.4) is 0 Å². The summed E-state index contributed by atoms with van der Waals surface area (Å²) in [5.74, 6) is -2.67. The summed E-state index contributed by atoms with van der Waals surface area (Å²) in [6, 6.07) is 1.34. The quantitative estimate of drug-likeness (QED) is 0.567. The summed E-state index contributed by atoms with van der Waals surface area (Å²) in [6.45, 7) is 1.47. The highest BCUT2D eigenvalue weighted by Crippen LogP contribution is 2.26. The van der Waals surface area contributed by atoms with Crippen LogP contribution in [0.4, 0.5) is 8.78 Å².